The zero-order chi connectivity index (χ0) is 19.2. The van der Waals surface area contributed by atoms with Crippen LogP contribution in [0.4, 0.5) is 0 Å². The van der Waals surface area contributed by atoms with E-state index in [0.29, 0.717) is 34.2 Å². The fourth-order valence-electron chi connectivity index (χ4n) is 5.14. The predicted octanol–water partition coefficient (Wildman–Crippen LogP) is 5.36. The van der Waals surface area contributed by atoms with Crippen LogP contribution in [-0.2, 0) is 0 Å². The average molecular weight is 371 g/mol. The van der Waals surface area contributed by atoms with Crippen molar-refractivity contribution in [2.45, 2.75) is 104 Å². The van der Waals surface area contributed by atoms with Gasteiger partial charge in [-0.1, -0.05) is 55.4 Å². The Balaban J connectivity index is 2.08. The lowest BCUT2D eigenvalue weighted by Crippen LogP contribution is -2.45. The van der Waals surface area contributed by atoms with Gasteiger partial charge < -0.3 is 10.2 Å². The Labute approximate surface area is 160 Å². The van der Waals surface area contributed by atoms with E-state index >= 15 is 0 Å². The fourth-order valence-corrected chi connectivity index (χ4v) is 6.98. The maximum absolute atomic E-state index is 10.6. The molecule has 8 unspecified atom stereocenters. The molecule has 3 heteroatoms. The highest BCUT2D eigenvalue weighted by atomic mass is 32.2. The van der Waals surface area contributed by atoms with Gasteiger partial charge in [-0.3, -0.25) is 0 Å². The van der Waals surface area contributed by atoms with Crippen LogP contribution in [0.15, 0.2) is 0 Å². The summed E-state index contributed by atoms with van der Waals surface area (Å²) in [7, 11) is 0. The van der Waals surface area contributed by atoms with E-state index in [2.05, 4.69) is 67.2 Å². The van der Waals surface area contributed by atoms with Gasteiger partial charge in [-0.15, -0.1) is 0 Å². The quantitative estimate of drug-likeness (QED) is 0.687. The molecule has 0 spiro atoms. The highest BCUT2D eigenvalue weighted by molar-refractivity contribution is 8.00. The third-order valence-electron chi connectivity index (χ3n) is 6.97. The zero-order valence-electron chi connectivity index (χ0n) is 17.7. The van der Waals surface area contributed by atoms with Crippen LogP contribution in [0.1, 0.15) is 81.1 Å². The third-order valence-corrected chi connectivity index (χ3v) is 8.98. The van der Waals surface area contributed by atoms with E-state index in [-0.39, 0.29) is 23.0 Å². The number of hydrogen-bond donors (Lipinski definition) is 2. The van der Waals surface area contributed by atoms with Gasteiger partial charge in [0.05, 0.1) is 12.2 Å². The molecule has 0 bridgehead atoms. The van der Waals surface area contributed by atoms with Crippen LogP contribution in [0.5, 0.6) is 0 Å². The van der Waals surface area contributed by atoms with E-state index in [1.165, 1.54) is 0 Å². The highest BCUT2D eigenvalue weighted by Crippen LogP contribution is 2.50. The van der Waals surface area contributed by atoms with Gasteiger partial charge in [0.1, 0.15) is 0 Å². The summed E-state index contributed by atoms with van der Waals surface area (Å²) in [6.45, 7) is 18.3. The minimum atomic E-state index is -0.153. The van der Waals surface area contributed by atoms with Crippen molar-refractivity contribution in [3.05, 3.63) is 0 Å². The van der Waals surface area contributed by atoms with Crippen molar-refractivity contribution < 1.29 is 10.2 Å². The Morgan fingerprint density at radius 3 is 1.24 bits per heavy atom. The lowest BCUT2D eigenvalue weighted by atomic mass is 9.68. The fraction of sp³-hybridized carbons (Fsp3) is 1.00. The third kappa shape index (κ3) is 5.17. The molecule has 2 nitrogen and oxygen atoms in total. The Kier molecular flexibility index (Phi) is 6.66. The van der Waals surface area contributed by atoms with E-state index in [1.54, 1.807) is 0 Å². The largest absolute Gasteiger partial charge is 0.393 e. The average Bonchev–Trinajstić information content (AvgIpc) is 2.41. The van der Waals surface area contributed by atoms with Crippen LogP contribution < -0.4 is 0 Å². The van der Waals surface area contributed by atoms with E-state index in [4.69, 9.17) is 0 Å². The van der Waals surface area contributed by atoms with Crippen LogP contribution in [-0.4, -0.2) is 32.9 Å². The second-order valence-electron chi connectivity index (χ2n) is 11.2. The Bertz CT molecular complexity index is 396. The molecule has 0 aromatic heterocycles. The molecule has 2 N–H and O–H groups in total. The van der Waals surface area contributed by atoms with Crippen molar-refractivity contribution in [1.82, 2.24) is 0 Å². The molecular formula is C22H42O2S. The van der Waals surface area contributed by atoms with Crippen molar-refractivity contribution in [3.63, 3.8) is 0 Å². The number of hydrogen-bond acceptors (Lipinski definition) is 3. The summed E-state index contributed by atoms with van der Waals surface area (Å²) in [5.74, 6) is 1.93. The molecule has 2 saturated carbocycles. The van der Waals surface area contributed by atoms with Crippen LogP contribution in [0.25, 0.3) is 0 Å². The van der Waals surface area contributed by atoms with Gasteiger partial charge in [0.25, 0.3) is 0 Å². The SMILES string of the molecule is CC1CC(O)C(C(C)(C)C)CC1SC1CC(C(C)(C)C)C(O)CC1C. The molecule has 0 heterocycles. The first kappa shape index (κ1) is 21.6. The Hall–Kier alpha value is 0.270. The first-order chi connectivity index (χ1) is 11.3. The smallest absolute Gasteiger partial charge is 0.0576 e. The summed E-state index contributed by atoms with van der Waals surface area (Å²) in [6, 6.07) is 0. The maximum Gasteiger partial charge on any atom is 0.0576 e. The molecule has 0 aromatic rings. The molecule has 0 aliphatic heterocycles. The van der Waals surface area contributed by atoms with Gasteiger partial charge in [-0.05, 0) is 60.2 Å². The molecule has 0 amide bonds. The second kappa shape index (κ2) is 7.72. The summed E-state index contributed by atoms with van der Waals surface area (Å²) >= 11 is 2.18. The minimum absolute atomic E-state index is 0.153. The first-order valence-electron chi connectivity index (χ1n) is 10.3. The minimum Gasteiger partial charge on any atom is -0.393 e. The van der Waals surface area contributed by atoms with Crippen LogP contribution in [0, 0.1) is 34.5 Å². The van der Waals surface area contributed by atoms with Crippen molar-refractivity contribution in [3.8, 4) is 0 Å². The number of aliphatic hydroxyl groups is 2. The molecule has 2 fully saturated rings. The van der Waals surface area contributed by atoms with Crippen LogP contribution in [0.2, 0.25) is 0 Å². The lowest BCUT2D eigenvalue weighted by molar-refractivity contribution is -0.00628. The van der Waals surface area contributed by atoms with Crippen molar-refractivity contribution in [2.75, 3.05) is 0 Å². The van der Waals surface area contributed by atoms with Gasteiger partial charge in [0.2, 0.25) is 0 Å². The molecule has 25 heavy (non-hydrogen) atoms. The van der Waals surface area contributed by atoms with Crippen LogP contribution >= 0.6 is 11.8 Å². The molecule has 8 atom stereocenters. The molecule has 0 saturated heterocycles. The summed E-state index contributed by atoms with van der Waals surface area (Å²) < 4.78 is 0. The zero-order valence-corrected chi connectivity index (χ0v) is 18.6. The van der Waals surface area contributed by atoms with Crippen molar-refractivity contribution in [2.24, 2.45) is 34.5 Å². The van der Waals surface area contributed by atoms with Crippen molar-refractivity contribution in [1.29, 1.82) is 0 Å². The van der Waals surface area contributed by atoms with Gasteiger partial charge in [0.15, 0.2) is 0 Å². The van der Waals surface area contributed by atoms with Gasteiger partial charge in [-0.25, -0.2) is 0 Å². The van der Waals surface area contributed by atoms with Gasteiger partial charge in [-0.2, -0.15) is 11.8 Å². The molecular weight excluding hydrogens is 328 g/mol. The monoisotopic (exact) mass is 370 g/mol. The molecule has 2 aliphatic carbocycles. The molecule has 0 radical (unpaired) electrons. The van der Waals surface area contributed by atoms with Gasteiger partial charge >= 0.3 is 0 Å². The van der Waals surface area contributed by atoms with E-state index in [9.17, 15) is 10.2 Å². The predicted molar refractivity (Wildman–Crippen MR) is 110 cm³/mol. The highest BCUT2D eigenvalue weighted by Gasteiger charge is 2.44. The summed E-state index contributed by atoms with van der Waals surface area (Å²) in [6.07, 6.45) is 3.82. The summed E-state index contributed by atoms with van der Waals surface area (Å²) in [5, 5.41) is 22.5. The topological polar surface area (TPSA) is 40.5 Å². The molecule has 2 aliphatic rings. The molecule has 0 aromatic carbocycles. The van der Waals surface area contributed by atoms with E-state index in [0.717, 1.165) is 25.7 Å². The molecule has 2 rings (SSSR count). The van der Waals surface area contributed by atoms with Crippen molar-refractivity contribution >= 4 is 11.8 Å². The number of thioether (sulfide) groups is 1. The number of rotatable bonds is 2. The summed E-state index contributed by atoms with van der Waals surface area (Å²) in [4.78, 5) is 0. The standard InChI is InChI=1S/C22H42O2S/c1-13-9-17(23)15(21(3,4)5)11-19(13)25-20-12-16(22(6,7)8)18(24)10-14(20)2/h13-20,23-24H,9-12H2,1-8H3. The maximum atomic E-state index is 10.6. The number of aliphatic hydroxyl groups excluding tert-OH is 2. The molecule has 148 valence electrons. The second-order valence-corrected chi connectivity index (χ2v) is 12.7. The first-order valence-corrected chi connectivity index (χ1v) is 11.3. The van der Waals surface area contributed by atoms with Gasteiger partial charge in [0, 0.05) is 10.5 Å². The lowest BCUT2D eigenvalue weighted by Gasteiger charge is -2.48. The Morgan fingerprint density at radius 2 is 0.960 bits per heavy atom. The van der Waals surface area contributed by atoms with E-state index < -0.39 is 0 Å². The van der Waals surface area contributed by atoms with E-state index in [1.807, 2.05) is 0 Å². The normalized spacial score (nSPS) is 43.9. The van der Waals surface area contributed by atoms with Crippen LogP contribution in [0.3, 0.4) is 0 Å². The summed E-state index contributed by atoms with van der Waals surface area (Å²) in [5.41, 5.74) is 0.335. The Morgan fingerprint density at radius 1 is 0.640 bits per heavy atom.